The lowest BCUT2D eigenvalue weighted by atomic mass is 9.84. The number of rotatable bonds is 8. The maximum atomic E-state index is 13.0. The first-order chi connectivity index (χ1) is 13.7. The minimum Gasteiger partial charge on any atom is -0.467 e. The summed E-state index contributed by atoms with van der Waals surface area (Å²) in [5, 5.41) is 0. The van der Waals surface area contributed by atoms with Crippen molar-refractivity contribution in [2.24, 2.45) is 0 Å². The Morgan fingerprint density at radius 1 is 1.07 bits per heavy atom. The van der Waals surface area contributed by atoms with E-state index in [-0.39, 0.29) is 5.97 Å². The lowest BCUT2D eigenvalue weighted by Gasteiger charge is -2.47. The molecule has 0 N–H and O–H groups in total. The van der Waals surface area contributed by atoms with Crippen LogP contribution in [0.1, 0.15) is 24.8 Å². The van der Waals surface area contributed by atoms with E-state index in [1.54, 1.807) is 0 Å². The molecule has 148 valence electrons. The highest BCUT2D eigenvalue weighted by Gasteiger charge is 2.47. The third-order valence-corrected chi connectivity index (χ3v) is 5.55. The van der Waals surface area contributed by atoms with Crippen LogP contribution in [0.2, 0.25) is 0 Å². The molecule has 1 heterocycles. The number of anilines is 1. The van der Waals surface area contributed by atoms with E-state index in [9.17, 15) is 9.59 Å². The number of nitrogens with zero attached hydrogens (tertiary/aromatic N) is 2. The molecular formula is C23H28N2O3. The molecule has 28 heavy (non-hydrogen) atoms. The van der Waals surface area contributed by atoms with Gasteiger partial charge in [-0.25, -0.2) is 4.79 Å². The number of esters is 1. The Labute approximate surface area is 166 Å². The summed E-state index contributed by atoms with van der Waals surface area (Å²) in [6.07, 6.45) is 2.62. The third-order valence-electron chi connectivity index (χ3n) is 5.55. The summed E-state index contributed by atoms with van der Waals surface area (Å²) >= 11 is 0. The molecule has 2 aromatic carbocycles. The number of piperidine rings is 1. The molecule has 0 atom stereocenters. The van der Waals surface area contributed by atoms with Crippen LogP contribution in [0.4, 0.5) is 5.69 Å². The number of benzene rings is 2. The van der Waals surface area contributed by atoms with Gasteiger partial charge in [0.25, 0.3) is 0 Å². The minimum atomic E-state index is -0.744. The van der Waals surface area contributed by atoms with Crippen LogP contribution < -0.4 is 4.90 Å². The van der Waals surface area contributed by atoms with Crippen LogP contribution in [-0.2, 0) is 20.9 Å². The molecule has 1 saturated heterocycles. The van der Waals surface area contributed by atoms with Gasteiger partial charge < -0.3 is 14.4 Å². The summed E-state index contributed by atoms with van der Waals surface area (Å²) in [5.41, 5.74) is 1.48. The predicted octanol–water partition coefficient (Wildman–Crippen LogP) is 3.29. The van der Waals surface area contributed by atoms with Crippen LogP contribution in [0, 0.1) is 0 Å². The smallest absolute Gasteiger partial charge is 0.331 e. The second kappa shape index (κ2) is 9.51. The molecule has 1 aliphatic rings. The van der Waals surface area contributed by atoms with E-state index in [0.29, 0.717) is 25.8 Å². The van der Waals surface area contributed by atoms with Gasteiger partial charge in [-0.05, 0) is 30.5 Å². The number of methoxy groups -OCH3 is 1. The summed E-state index contributed by atoms with van der Waals surface area (Å²) in [6, 6.07) is 20.2. The number of hydrogen-bond donors (Lipinski definition) is 0. The highest BCUT2D eigenvalue weighted by molar-refractivity contribution is 5.85. The normalized spacial score (nSPS) is 16.3. The second-order valence-corrected chi connectivity index (χ2v) is 7.23. The van der Waals surface area contributed by atoms with Crippen molar-refractivity contribution in [3.63, 3.8) is 0 Å². The van der Waals surface area contributed by atoms with E-state index in [2.05, 4.69) is 34.1 Å². The summed E-state index contributed by atoms with van der Waals surface area (Å²) < 4.78 is 5.24. The van der Waals surface area contributed by atoms with Crippen LogP contribution >= 0.6 is 0 Å². The molecule has 5 nitrogen and oxygen atoms in total. The Hall–Kier alpha value is -2.66. The minimum absolute atomic E-state index is 0.221. The van der Waals surface area contributed by atoms with Gasteiger partial charge in [-0.2, -0.15) is 0 Å². The maximum absolute atomic E-state index is 13.0. The molecule has 0 amide bonds. The predicted molar refractivity (Wildman–Crippen MR) is 110 cm³/mol. The molecule has 0 saturated carbocycles. The summed E-state index contributed by atoms with van der Waals surface area (Å²) in [7, 11) is 1.45. The Bertz CT molecular complexity index is 756. The van der Waals surface area contributed by atoms with Gasteiger partial charge in [0.2, 0.25) is 0 Å². The SMILES string of the molecule is COC(=O)C1(N(CCC=O)c2ccccc2)CCN(Cc2ccccc2)CC1. The van der Waals surface area contributed by atoms with Crippen molar-refractivity contribution in [3.8, 4) is 0 Å². The molecule has 0 aromatic heterocycles. The van der Waals surface area contributed by atoms with Crippen molar-refractivity contribution in [1.82, 2.24) is 4.90 Å². The van der Waals surface area contributed by atoms with Gasteiger partial charge in [-0.15, -0.1) is 0 Å². The molecule has 5 heteroatoms. The summed E-state index contributed by atoms with van der Waals surface area (Å²) in [5.74, 6) is -0.221. The summed E-state index contributed by atoms with van der Waals surface area (Å²) in [4.78, 5) is 28.5. The zero-order valence-corrected chi connectivity index (χ0v) is 16.4. The zero-order valence-electron chi connectivity index (χ0n) is 16.4. The fourth-order valence-corrected chi connectivity index (χ4v) is 4.08. The van der Waals surface area contributed by atoms with E-state index in [1.807, 2.05) is 36.4 Å². The van der Waals surface area contributed by atoms with Gasteiger partial charge in [0.05, 0.1) is 7.11 Å². The topological polar surface area (TPSA) is 49.9 Å². The van der Waals surface area contributed by atoms with Crippen molar-refractivity contribution in [3.05, 3.63) is 66.2 Å². The molecule has 0 radical (unpaired) electrons. The number of ether oxygens (including phenoxy) is 1. The molecule has 0 spiro atoms. The highest BCUT2D eigenvalue weighted by Crippen LogP contribution is 2.35. The Morgan fingerprint density at radius 2 is 1.68 bits per heavy atom. The number of aldehydes is 1. The van der Waals surface area contributed by atoms with Crippen LogP contribution in [0.15, 0.2) is 60.7 Å². The molecule has 0 aliphatic carbocycles. The number of carbonyl (C=O) groups is 2. The van der Waals surface area contributed by atoms with Gasteiger partial charge in [0.15, 0.2) is 0 Å². The molecule has 1 aliphatic heterocycles. The number of para-hydroxylation sites is 1. The van der Waals surface area contributed by atoms with E-state index in [4.69, 9.17) is 4.74 Å². The number of carbonyl (C=O) groups excluding carboxylic acids is 2. The van der Waals surface area contributed by atoms with Crippen molar-refractivity contribution in [2.45, 2.75) is 31.3 Å². The van der Waals surface area contributed by atoms with Crippen molar-refractivity contribution in [2.75, 3.05) is 31.6 Å². The van der Waals surface area contributed by atoms with Crippen LogP contribution in [0.5, 0.6) is 0 Å². The molecule has 0 unspecified atom stereocenters. The average Bonchev–Trinajstić information content (AvgIpc) is 2.76. The Balaban J connectivity index is 1.82. The van der Waals surface area contributed by atoms with Gasteiger partial charge in [-0.3, -0.25) is 4.90 Å². The lowest BCUT2D eigenvalue weighted by molar-refractivity contribution is -0.149. The molecular weight excluding hydrogens is 352 g/mol. The van der Waals surface area contributed by atoms with Crippen LogP contribution in [0.25, 0.3) is 0 Å². The highest BCUT2D eigenvalue weighted by atomic mass is 16.5. The fraction of sp³-hybridized carbons (Fsp3) is 0.391. The van der Waals surface area contributed by atoms with Crippen LogP contribution in [-0.4, -0.2) is 49.4 Å². The second-order valence-electron chi connectivity index (χ2n) is 7.23. The number of hydrogen-bond acceptors (Lipinski definition) is 5. The third kappa shape index (κ3) is 4.42. The molecule has 2 aromatic rings. The Morgan fingerprint density at radius 3 is 2.25 bits per heavy atom. The van der Waals surface area contributed by atoms with E-state index < -0.39 is 5.54 Å². The number of likely N-dealkylation sites (tertiary alicyclic amines) is 1. The van der Waals surface area contributed by atoms with Crippen molar-refractivity contribution < 1.29 is 14.3 Å². The first kappa shape index (κ1) is 20.1. The maximum Gasteiger partial charge on any atom is 0.331 e. The zero-order chi connectivity index (χ0) is 19.8. The van der Waals surface area contributed by atoms with E-state index >= 15 is 0 Å². The van der Waals surface area contributed by atoms with E-state index in [0.717, 1.165) is 31.6 Å². The van der Waals surface area contributed by atoms with E-state index in [1.165, 1.54) is 12.7 Å². The van der Waals surface area contributed by atoms with Gasteiger partial charge in [-0.1, -0.05) is 48.5 Å². The quantitative estimate of drug-likeness (QED) is 0.520. The van der Waals surface area contributed by atoms with Gasteiger partial charge in [0, 0.05) is 38.3 Å². The average molecular weight is 380 g/mol. The summed E-state index contributed by atoms with van der Waals surface area (Å²) in [6.45, 7) is 2.97. The molecule has 1 fully saturated rings. The molecule has 3 rings (SSSR count). The molecule has 0 bridgehead atoms. The van der Waals surface area contributed by atoms with Crippen molar-refractivity contribution in [1.29, 1.82) is 0 Å². The largest absolute Gasteiger partial charge is 0.467 e. The first-order valence-electron chi connectivity index (χ1n) is 9.80. The van der Waals surface area contributed by atoms with Gasteiger partial charge in [0.1, 0.15) is 11.8 Å². The monoisotopic (exact) mass is 380 g/mol. The van der Waals surface area contributed by atoms with Crippen LogP contribution in [0.3, 0.4) is 0 Å². The van der Waals surface area contributed by atoms with Crippen molar-refractivity contribution >= 4 is 17.9 Å². The van der Waals surface area contributed by atoms with Gasteiger partial charge >= 0.3 is 5.97 Å². The first-order valence-corrected chi connectivity index (χ1v) is 9.80. The Kier molecular flexibility index (Phi) is 6.82. The lowest BCUT2D eigenvalue weighted by Crippen LogP contribution is -2.61. The fourth-order valence-electron chi connectivity index (χ4n) is 4.08. The standard InChI is InChI=1S/C23H28N2O3/c1-28-22(27)23(25(15-8-18-26)21-11-6-3-7-12-21)13-16-24(17-14-23)19-20-9-4-2-5-10-20/h2-7,9-12,18H,8,13-17,19H2,1H3.